The van der Waals surface area contributed by atoms with Gasteiger partial charge in [0.1, 0.15) is 0 Å². The molecule has 0 saturated carbocycles. The van der Waals surface area contributed by atoms with E-state index in [1.54, 1.807) is 0 Å². The number of fused-ring (bicyclic) bond motifs is 27. The highest BCUT2D eigenvalue weighted by molar-refractivity contribution is 6.16. The molecule has 1 atom stereocenters. The second-order valence-electron chi connectivity index (χ2n) is 24.1. The first-order chi connectivity index (χ1) is 43.2. The second-order valence-corrected chi connectivity index (χ2v) is 24.1. The monoisotopic (exact) mass is 1100 g/mol. The van der Waals surface area contributed by atoms with E-state index in [9.17, 15) is 0 Å². The van der Waals surface area contributed by atoms with Gasteiger partial charge in [-0.3, -0.25) is 0 Å². The molecule has 0 N–H and O–H groups in total. The molecule has 2 spiro atoms. The molecule has 87 heavy (non-hydrogen) atoms. The van der Waals surface area contributed by atoms with Gasteiger partial charge in [0, 0.05) is 43.9 Å². The van der Waals surface area contributed by atoms with Crippen LogP contribution in [0.4, 0.5) is 17.1 Å². The number of hydrogen-bond acceptors (Lipinski definition) is 1. The molecule has 402 valence electrons. The van der Waals surface area contributed by atoms with E-state index in [2.05, 4.69) is 323 Å². The summed E-state index contributed by atoms with van der Waals surface area (Å²) in [6, 6.07) is 117. The highest BCUT2D eigenvalue weighted by atomic mass is 15.1. The molecule has 0 fully saturated rings. The van der Waals surface area contributed by atoms with Crippen LogP contribution in [0.3, 0.4) is 0 Å². The highest BCUT2D eigenvalue weighted by Crippen LogP contribution is 2.67. The van der Waals surface area contributed by atoms with Crippen molar-refractivity contribution in [1.29, 1.82) is 0 Å². The van der Waals surface area contributed by atoms with Crippen molar-refractivity contribution < 1.29 is 0 Å². The van der Waals surface area contributed by atoms with Gasteiger partial charge in [-0.05, 0) is 150 Å². The molecular formula is C84H51N3. The van der Waals surface area contributed by atoms with Crippen molar-refractivity contribution >= 4 is 71.4 Å². The van der Waals surface area contributed by atoms with E-state index >= 15 is 0 Å². The quantitative estimate of drug-likeness (QED) is 0.167. The van der Waals surface area contributed by atoms with E-state index in [0.29, 0.717) is 0 Å². The summed E-state index contributed by atoms with van der Waals surface area (Å²) in [4.78, 5) is 2.63. The Balaban J connectivity index is 0.854. The first kappa shape index (κ1) is 47.1. The fourth-order valence-electron chi connectivity index (χ4n) is 17.1. The van der Waals surface area contributed by atoms with Gasteiger partial charge in [-0.15, -0.1) is 0 Å². The van der Waals surface area contributed by atoms with Crippen LogP contribution >= 0.6 is 0 Å². The van der Waals surface area contributed by atoms with Gasteiger partial charge in [-0.2, -0.15) is 0 Å². The Kier molecular flexibility index (Phi) is 9.32. The Morgan fingerprint density at radius 2 is 0.678 bits per heavy atom. The lowest BCUT2D eigenvalue weighted by atomic mass is 9.65. The lowest BCUT2D eigenvalue weighted by Gasteiger charge is -2.39. The fraction of sp³-hybridized carbons (Fsp3) is 0.0238. The molecule has 1 unspecified atom stereocenters. The summed E-state index contributed by atoms with van der Waals surface area (Å²) in [6.45, 7) is 0. The topological polar surface area (TPSA) is 13.1 Å². The zero-order valence-corrected chi connectivity index (χ0v) is 47.3. The molecule has 4 aliphatic rings. The van der Waals surface area contributed by atoms with Gasteiger partial charge in [0.25, 0.3) is 0 Å². The summed E-state index contributed by atoms with van der Waals surface area (Å²) in [6.07, 6.45) is 0. The van der Waals surface area contributed by atoms with Crippen LogP contribution in [0.2, 0.25) is 0 Å². The third kappa shape index (κ3) is 5.86. The van der Waals surface area contributed by atoms with Crippen LogP contribution < -0.4 is 4.90 Å². The van der Waals surface area contributed by atoms with E-state index < -0.39 is 10.8 Å². The number of nitrogens with zero attached hydrogens (tertiary/aromatic N) is 3. The molecule has 2 aromatic heterocycles. The molecule has 3 nitrogen and oxygen atoms in total. The second kappa shape index (κ2) is 17.2. The number of hydrogen-bond donors (Lipinski definition) is 0. The van der Waals surface area contributed by atoms with Crippen LogP contribution in [0.25, 0.3) is 110 Å². The average Bonchev–Trinajstić information content (AvgIpc) is 1.54. The fourth-order valence-corrected chi connectivity index (χ4v) is 17.1. The molecular weight excluding hydrogens is 1050 g/mol. The summed E-state index contributed by atoms with van der Waals surface area (Å²) in [5.74, 6) is 0. The Bertz CT molecular complexity index is 5560. The van der Waals surface area contributed by atoms with Crippen molar-refractivity contribution in [3.63, 3.8) is 0 Å². The number of benzene rings is 14. The molecule has 0 radical (unpaired) electrons. The maximum absolute atomic E-state index is 2.63. The standard InChI is InChI=1S/C84H51N3/c1-2-27-62-60(25-1)79(51-73-80(62)64-28-5-12-33-68(64)83(73)66-31-10-3-21-56(66)57-22-4-11-32-67(57)83)86(55-49-45-53(46-50-55)52-43-47-54(48-44-52)85-74-38-15-7-23-58(74)59-24-8-16-39-75(59)85)78-42-20-36-71-81(78)65-29-6-13-34-69(65)84(71)70-35-14-18-41-77(70)87-76-40-17-9-26-61(76)63-30-19-37-72(84)82(63)87/h1-51H. The van der Waals surface area contributed by atoms with Gasteiger partial charge < -0.3 is 14.0 Å². The van der Waals surface area contributed by atoms with Crippen LogP contribution in [0.15, 0.2) is 309 Å². The van der Waals surface area contributed by atoms with Crippen LogP contribution in [0.1, 0.15) is 44.5 Å². The van der Waals surface area contributed by atoms with Crippen molar-refractivity contribution in [3.05, 3.63) is 354 Å². The van der Waals surface area contributed by atoms with Crippen molar-refractivity contribution in [1.82, 2.24) is 9.13 Å². The smallest absolute Gasteiger partial charge is 0.0755 e. The predicted octanol–water partition coefficient (Wildman–Crippen LogP) is 21.2. The van der Waals surface area contributed by atoms with Gasteiger partial charge in [-0.1, -0.05) is 249 Å². The average molecular weight is 1100 g/mol. The molecule has 1 aliphatic heterocycles. The minimum absolute atomic E-state index is 0.558. The maximum Gasteiger partial charge on any atom is 0.0755 e. The molecule has 3 heterocycles. The summed E-state index contributed by atoms with van der Waals surface area (Å²) in [5, 5.41) is 7.51. The molecule has 3 heteroatoms. The van der Waals surface area contributed by atoms with E-state index in [1.807, 2.05) is 0 Å². The van der Waals surface area contributed by atoms with E-state index in [-0.39, 0.29) is 0 Å². The Hall–Kier alpha value is -11.3. The number of rotatable bonds is 5. The van der Waals surface area contributed by atoms with E-state index in [4.69, 9.17) is 0 Å². The van der Waals surface area contributed by atoms with Crippen molar-refractivity contribution in [2.45, 2.75) is 10.8 Å². The summed E-state index contributed by atoms with van der Waals surface area (Å²) in [7, 11) is 0. The first-order valence-electron chi connectivity index (χ1n) is 30.4. The van der Waals surface area contributed by atoms with Gasteiger partial charge in [0.15, 0.2) is 0 Å². The van der Waals surface area contributed by atoms with Crippen LogP contribution in [-0.4, -0.2) is 9.13 Å². The normalized spacial score (nSPS) is 15.0. The Morgan fingerprint density at radius 1 is 0.253 bits per heavy atom. The Morgan fingerprint density at radius 3 is 1.31 bits per heavy atom. The minimum Gasteiger partial charge on any atom is -0.309 e. The summed E-state index contributed by atoms with van der Waals surface area (Å²) >= 11 is 0. The molecule has 20 rings (SSSR count). The van der Waals surface area contributed by atoms with Crippen molar-refractivity contribution in [2.24, 2.45) is 0 Å². The largest absolute Gasteiger partial charge is 0.309 e. The molecule has 0 bridgehead atoms. The SMILES string of the molecule is c1ccc2c(c1)-c1ccccc1C21c2ccccc2-c2c1cc(N(c1ccc(-c3ccc(-n4c5ccccc5c5ccccc54)cc3)cc1)c1cccc3c1-c1ccccc1C31c3ccccc3-n3c4ccccc4c4cccc1c43)c1ccccc21. The van der Waals surface area contributed by atoms with Crippen LogP contribution in [0, 0.1) is 0 Å². The van der Waals surface area contributed by atoms with E-state index in [1.165, 1.54) is 138 Å². The lowest BCUT2D eigenvalue weighted by Crippen LogP contribution is -2.33. The summed E-state index contributed by atoms with van der Waals surface area (Å²) in [5.41, 5.74) is 29.9. The number of anilines is 3. The highest BCUT2D eigenvalue weighted by Gasteiger charge is 2.54. The lowest BCUT2D eigenvalue weighted by molar-refractivity contribution is 0.748. The summed E-state index contributed by atoms with van der Waals surface area (Å²) < 4.78 is 4.94. The van der Waals surface area contributed by atoms with Gasteiger partial charge in [0.2, 0.25) is 0 Å². The zero-order valence-electron chi connectivity index (χ0n) is 47.3. The van der Waals surface area contributed by atoms with E-state index in [0.717, 1.165) is 33.9 Å². The third-order valence-corrected chi connectivity index (χ3v) is 20.3. The van der Waals surface area contributed by atoms with Gasteiger partial charge >= 0.3 is 0 Å². The number of para-hydroxylation sites is 5. The third-order valence-electron chi connectivity index (χ3n) is 20.3. The minimum atomic E-state index is -0.633. The Labute approximate surface area is 503 Å². The van der Waals surface area contributed by atoms with Gasteiger partial charge in [-0.25, -0.2) is 0 Å². The first-order valence-corrected chi connectivity index (χ1v) is 30.4. The van der Waals surface area contributed by atoms with Crippen molar-refractivity contribution in [3.8, 4) is 55.9 Å². The predicted molar refractivity (Wildman–Crippen MR) is 360 cm³/mol. The van der Waals surface area contributed by atoms with Crippen LogP contribution in [0.5, 0.6) is 0 Å². The molecule has 0 saturated heterocycles. The van der Waals surface area contributed by atoms with Crippen LogP contribution in [-0.2, 0) is 10.8 Å². The maximum atomic E-state index is 2.63. The molecule has 14 aromatic carbocycles. The molecule has 3 aliphatic carbocycles. The molecule has 16 aromatic rings. The van der Waals surface area contributed by atoms with Crippen molar-refractivity contribution in [2.75, 3.05) is 4.90 Å². The number of aromatic nitrogens is 2. The molecule has 0 amide bonds. The zero-order chi connectivity index (χ0) is 56.7. The van der Waals surface area contributed by atoms with Gasteiger partial charge in [0.05, 0.1) is 50.0 Å².